The lowest BCUT2D eigenvalue weighted by atomic mass is 9.97. The van der Waals surface area contributed by atoms with E-state index in [1.54, 1.807) is 16.3 Å². The summed E-state index contributed by atoms with van der Waals surface area (Å²) in [5.74, 6) is 3.41. The van der Waals surface area contributed by atoms with Gasteiger partial charge >= 0.3 is 6.18 Å². The van der Waals surface area contributed by atoms with E-state index in [-0.39, 0.29) is 13.0 Å². The van der Waals surface area contributed by atoms with Crippen molar-refractivity contribution in [1.29, 1.82) is 0 Å². The van der Waals surface area contributed by atoms with Gasteiger partial charge in [0.2, 0.25) is 0 Å². The molecule has 1 atom stereocenters. The second kappa shape index (κ2) is 6.11. The molecule has 1 aromatic rings. The van der Waals surface area contributed by atoms with Crippen molar-refractivity contribution in [3.8, 4) is 0 Å². The molecule has 1 saturated heterocycles. The van der Waals surface area contributed by atoms with Crippen molar-refractivity contribution in [3.63, 3.8) is 0 Å². The number of hydrogen-bond donors (Lipinski definition) is 2. The van der Waals surface area contributed by atoms with Crippen LogP contribution in [0.5, 0.6) is 0 Å². The molecule has 4 nitrogen and oxygen atoms in total. The Labute approximate surface area is 118 Å². The maximum atomic E-state index is 12.8. The maximum absolute atomic E-state index is 12.8. The number of hydrazine groups is 1. The van der Waals surface area contributed by atoms with E-state index < -0.39 is 18.0 Å². The predicted molar refractivity (Wildman–Crippen MR) is 70.0 cm³/mol. The van der Waals surface area contributed by atoms with Gasteiger partial charge in [-0.15, -0.1) is 11.3 Å². The molecule has 0 saturated carbocycles. The number of halogens is 3. The van der Waals surface area contributed by atoms with Crippen molar-refractivity contribution in [3.05, 3.63) is 21.9 Å². The van der Waals surface area contributed by atoms with Gasteiger partial charge in [-0.3, -0.25) is 15.1 Å². The molecule has 0 radical (unpaired) electrons. The first-order chi connectivity index (χ1) is 9.41. The highest BCUT2D eigenvalue weighted by atomic mass is 32.1. The Morgan fingerprint density at radius 3 is 2.95 bits per heavy atom. The quantitative estimate of drug-likeness (QED) is 0.511. The summed E-state index contributed by atoms with van der Waals surface area (Å²) in [6, 6.07) is 1.76. The highest BCUT2D eigenvalue weighted by molar-refractivity contribution is 7.12. The number of amides is 1. The monoisotopic (exact) mass is 307 g/mol. The van der Waals surface area contributed by atoms with Gasteiger partial charge in [-0.05, 0) is 36.4 Å². The second-order valence-corrected chi connectivity index (χ2v) is 5.78. The number of hydrogen-bond acceptors (Lipinski definition) is 4. The molecular formula is C12H16F3N3OS. The van der Waals surface area contributed by atoms with Gasteiger partial charge in [0.1, 0.15) is 0 Å². The first-order valence-electron chi connectivity index (χ1n) is 6.28. The number of carbonyl (C=O) groups is 1. The number of alkyl halides is 3. The van der Waals surface area contributed by atoms with Crippen LogP contribution in [0.2, 0.25) is 0 Å². The molecule has 112 valence electrons. The van der Waals surface area contributed by atoms with Gasteiger partial charge < -0.3 is 0 Å². The number of nitrogens with one attached hydrogen (secondary N) is 1. The molecule has 1 aromatic heterocycles. The summed E-state index contributed by atoms with van der Waals surface area (Å²) in [6.45, 7) is 0.952. The molecule has 1 aliphatic heterocycles. The van der Waals surface area contributed by atoms with Gasteiger partial charge in [-0.2, -0.15) is 13.2 Å². The Kier molecular flexibility index (Phi) is 4.66. The minimum atomic E-state index is -4.15. The molecule has 8 heteroatoms. The number of carbonyl (C=O) groups excluding carboxylic acids is 1. The van der Waals surface area contributed by atoms with Crippen LogP contribution in [0.25, 0.3) is 0 Å². The van der Waals surface area contributed by atoms with Crippen LogP contribution in [0.4, 0.5) is 13.2 Å². The lowest BCUT2D eigenvalue weighted by Crippen LogP contribution is -2.41. The Balaban J connectivity index is 2.03. The Morgan fingerprint density at radius 1 is 1.55 bits per heavy atom. The molecule has 0 spiro atoms. The van der Waals surface area contributed by atoms with Crippen molar-refractivity contribution >= 4 is 17.2 Å². The molecule has 0 aromatic carbocycles. The number of nitrogens with zero attached hydrogens (tertiary/aromatic N) is 1. The van der Waals surface area contributed by atoms with Crippen LogP contribution in [0.1, 0.15) is 28.1 Å². The third kappa shape index (κ3) is 3.50. The molecule has 20 heavy (non-hydrogen) atoms. The summed E-state index contributed by atoms with van der Waals surface area (Å²) in [5, 5.41) is 1.74. The average molecular weight is 307 g/mol. The summed E-state index contributed by atoms with van der Waals surface area (Å²) in [4.78, 5) is 13.7. The molecule has 0 aliphatic carbocycles. The lowest BCUT2D eigenvalue weighted by molar-refractivity contribution is -0.187. The van der Waals surface area contributed by atoms with Crippen LogP contribution in [0, 0.1) is 5.92 Å². The number of nitrogens with two attached hydrogens (primary N) is 1. The third-order valence-electron chi connectivity index (χ3n) is 3.45. The van der Waals surface area contributed by atoms with Gasteiger partial charge in [0.25, 0.3) is 5.91 Å². The number of likely N-dealkylation sites (tertiary alicyclic amines) is 1. The molecule has 2 rings (SSSR count). The van der Waals surface area contributed by atoms with Crippen molar-refractivity contribution in [2.24, 2.45) is 11.8 Å². The summed E-state index contributed by atoms with van der Waals surface area (Å²) in [5.41, 5.74) is 2.77. The molecule has 1 unspecified atom stereocenters. The van der Waals surface area contributed by atoms with Crippen molar-refractivity contribution in [2.45, 2.75) is 25.6 Å². The van der Waals surface area contributed by atoms with Crippen molar-refractivity contribution in [2.75, 3.05) is 13.1 Å². The molecule has 1 fully saturated rings. The summed E-state index contributed by atoms with van der Waals surface area (Å²) in [6.07, 6.45) is -3.45. The summed E-state index contributed by atoms with van der Waals surface area (Å²) < 4.78 is 38.3. The molecule has 0 bridgehead atoms. The van der Waals surface area contributed by atoms with Gasteiger partial charge in [-0.25, -0.2) is 5.84 Å². The number of thiophene rings is 1. The van der Waals surface area contributed by atoms with Crippen LogP contribution in [-0.2, 0) is 6.54 Å². The number of piperidine rings is 1. The van der Waals surface area contributed by atoms with E-state index in [0.717, 1.165) is 5.56 Å². The average Bonchev–Trinajstić information content (AvgIpc) is 2.85. The smallest absolute Gasteiger partial charge is 0.298 e. The Morgan fingerprint density at radius 2 is 2.30 bits per heavy atom. The van der Waals surface area contributed by atoms with Crippen LogP contribution in [0.3, 0.4) is 0 Å². The van der Waals surface area contributed by atoms with Crippen LogP contribution in [0.15, 0.2) is 11.4 Å². The first kappa shape index (κ1) is 15.3. The van der Waals surface area contributed by atoms with Crippen molar-refractivity contribution in [1.82, 2.24) is 10.3 Å². The Bertz CT molecular complexity index is 475. The lowest BCUT2D eigenvalue weighted by Gasteiger charge is -2.33. The summed E-state index contributed by atoms with van der Waals surface area (Å²) >= 11 is 1.24. The maximum Gasteiger partial charge on any atom is 0.393 e. The van der Waals surface area contributed by atoms with E-state index in [9.17, 15) is 18.0 Å². The third-order valence-corrected chi connectivity index (χ3v) is 4.40. The van der Waals surface area contributed by atoms with Gasteiger partial charge in [0, 0.05) is 13.1 Å². The van der Waals surface area contributed by atoms with Gasteiger partial charge in [-0.1, -0.05) is 0 Å². The topological polar surface area (TPSA) is 58.4 Å². The Hall–Kier alpha value is -1.12. The highest BCUT2D eigenvalue weighted by Crippen LogP contribution is 2.33. The zero-order valence-electron chi connectivity index (χ0n) is 10.7. The predicted octanol–water partition coefficient (Wildman–Crippen LogP) is 2.13. The normalized spacial score (nSPS) is 20.9. The van der Waals surface area contributed by atoms with Crippen molar-refractivity contribution < 1.29 is 18.0 Å². The largest absolute Gasteiger partial charge is 0.393 e. The molecule has 1 amide bonds. The van der Waals surface area contributed by atoms with Crippen LogP contribution >= 0.6 is 11.3 Å². The number of nitrogen functional groups attached to an aromatic ring is 1. The summed E-state index contributed by atoms with van der Waals surface area (Å²) in [7, 11) is 0. The first-order valence-corrected chi connectivity index (χ1v) is 7.16. The second-order valence-electron chi connectivity index (χ2n) is 4.86. The molecule has 3 N–H and O–H groups in total. The number of rotatable bonds is 3. The van der Waals surface area contributed by atoms with Gasteiger partial charge in [0.05, 0.1) is 10.8 Å². The van der Waals surface area contributed by atoms with Crippen LogP contribution < -0.4 is 11.3 Å². The van der Waals surface area contributed by atoms with Gasteiger partial charge in [0.15, 0.2) is 0 Å². The minimum absolute atomic E-state index is 0.0109. The molecule has 1 aliphatic rings. The van der Waals surface area contributed by atoms with E-state index in [1.165, 1.54) is 11.3 Å². The van der Waals surface area contributed by atoms with E-state index in [0.29, 0.717) is 24.4 Å². The zero-order chi connectivity index (χ0) is 14.8. The molecular weight excluding hydrogens is 291 g/mol. The standard InChI is InChI=1S/C12H16F3N3OS/c13-12(14,15)9-2-1-4-18(7-9)6-8-3-5-20-10(8)11(19)17-16/h3,5,9H,1-2,4,6-7,16H2,(H,17,19). The zero-order valence-corrected chi connectivity index (χ0v) is 11.6. The van der Waals surface area contributed by atoms with E-state index >= 15 is 0 Å². The fourth-order valence-electron chi connectivity index (χ4n) is 2.43. The molecule has 2 heterocycles. The fraction of sp³-hybridized carbons (Fsp3) is 0.583. The van der Waals surface area contributed by atoms with Crippen LogP contribution in [-0.4, -0.2) is 30.1 Å². The van der Waals surface area contributed by atoms with E-state index in [4.69, 9.17) is 5.84 Å². The SMILES string of the molecule is NNC(=O)c1sccc1CN1CCCC(C(F)(F)F)C1. The van der Waals surface area contributed by atoms with E-state index in [2.05, 4.69) is 5.43 Å². The highest BCUT2D eigenvalue weighted by Gasteiger charge is 2.41. The van der Waals surface area contributed by atoms with E-state index in [1.807, 2.05) is 0 Å². The minimum Gasteiger partial charge on any atom is -0.298 e. The fourth-order valence-corrected chi connectivity index (χ4v) is 3.25.